The molecule has 0 aromatic carbocycles. The average Bonchev–Trinajstić information content (AvgIpc) is 2.06. The van der Waals surface area contributed by atoms with Crippen molar-refractivity contribution in [3.8, 4) is 0 Å². The third-order valence-electron chi connectivity index (χ3n) is 3.72. The second-order valence-corrected chi connectivity index (χ2v) is 4.58. The lowest BCUT2D eigenvalue weighted by atomic mass is 9.73. The first kappa shape index (κ1) is 8.59. The van der Waals surface area contributed by atoms with E-state index in [-0.39, 0.29) is 0 Å². The molecule has 2 rings (SSSR count). The number of hydrogen-bond donors (Lipinski definition) is 0. The van der Waals surface area contributed by atoms with Crippen molar-refractivity contribution in [1.29, 1.82) is 0 Å². The van der Waals surface area contributed by atoms with Crippen LogP contribution in [0.15, 0.2) is 0 Å². The molecular formula is C12H21. The van der Waals surface area contributed by atoms with E-state index in [2.05, 4.69) is 6.42 Å². The summed E-state index contributed by atoms with van der Waals surface area (Å²) < 4.78 is 0. The minimum absolute atomic E-state index is 1.01. The Balaban J connectivity index is 1.89. The molecule has 2 atom stereocenters. The predicted octanol–water partition coefficient (Wildman–Crippen LogP) is 3.96. The van der Waals surface area contributed by atoms with E-state index in [1.807, 2.05) is 0 Å². The molecule has 2 aliphatic carbocycles. The van der Waals surface area contributed by atoms with Gasteiger partial charge in [0.25, 0.3) is 0 Å². The Kier molecular flexibility index (Phi) is 3.08. The SMILES string of the molecule is [CH]1CCCC2CCCCCCC12. The molecule has 0 amide bonds. The molecule has 0 heterocycles. The molecule has 0 saturated heterocycles. The maximum atomic E-state index is 2.62. The van der Waals surface area contributed by atoms with E-state index in [9.17, 15) is 0 Å². The van der Waals surface area contributed by atoms with E-state index in [4.69, 9.17) is 0 Å². The largest absolute Gasteiger partial charge is 0.0533 e. The average molecular weight is 165 g/mol. The smallest absolute Gasteiger partial charge is 0.0352 e. The van der Waals surface area contributed by atoms with Gasteiger partial charge in [-0.25, -0.2) is 0 Å². The summed E-state index contributed by atoms with van der Waals surface area (Å²) in [5, 5.41) is 0. The van der Waals surface area contributed by atoms with Crippen molar-refractivity contribution in [2.24, 2.45) is 11.8 Å². The van der Waals surface area contributed by atoms with Crippen molar-refractivity contribution in [3.63, 3.8) is 0 Å². The lowest BCUT2D eigenvalue weighted by Gasteiger charge is -2.33. The van der Waals surface area contributed by atoms with Crippen molar-refractivity contribution in [2.75, 3.05) is 0 Å². The van der Waals surface area contributed by atoms with Crippen LogP contribution in [0.3, 0.4) is 0 Å². The second-order valence-electron chi connectivity index (χ2n) is 4.58. The van der Waals surface area contributed by atoms with Gasteiger partial charge in [0.2, 0.25) is 0 Å². The molecule has 0 N–H and O–H groups in total. The normalized spacial score (nSPS) is 38.0. The van der Waals surface area contributed by atoms with Gasteiger partial charge in [-0.3, -0.25) is 0 Å². The van der Waals surface area contributed by atoms with E-state index in [0.717, 1.165) is 11.8 Å². The molecule has 12 heavy (non-hydrogen) atoms. The maximum Gasteiger partial charge on any atom is -0.0352 e. The summed E-state index contributed by atoms with van der Waals surface area (Å²) in [5.74, 6) is 2.10. The summed E-state index contributed by atoms with van der Waals surface area (Å²) in [6.07, 6.45) is 16.1. The van der Waals surface area contributed by atoms with Gasteiger partial charge >= 0.3 is 0 Å². The van der Waals surface area contributed by atoms with Gasteiger partial charge in [0, 0.05) is 0 Å². The van der Waals surface area contributed by atoms with Crippen molar-refractivity contribution >= 4 is 0 Å². The number of hydrogen-bond acceptors (Lipinski definition) is 0. The van der Waals surface area contributed by atoms with Gasteiger partial charge < -0.3 is 0 Å². The molecule has 2 saturated carbocycles. The summed E-state index contributed by atoms with van der Waals surface area (Å²) >= 11 is 0. The van der Waals surface area contributed by atoms with Crippen LogP contribution in [-0.4, -0.2) is 0 Å². The Morgan fingerprint density at radius 2 is 1.50 bits per heavy atom. The van der Waals surface area contributed by atoms with Crippen molar-refractivity contribution in [1.82, 2.24) is 0 Å². The molecule has 0 heteroatoms. The van der Waals surface area contributed by atoms with E-state index in [1.54, 1.807) is 0 Å². The van der Waals surface area contributed by atoms with Gasteiger partial charge in [-0.15, -0.1) is 0 Å². The number of rotatable bonds is 0. The van der Waals surface area contributed by atoms with Crippen LogP contribution in [0.5, 0.6) is 0 Å². The molecule has 0 aliphatic heterocycles. The van der Waals surface area contributed by atoms with Crippen LogP contribution < -0.4 is 0 Å². The van der Waals surface area contributed by atoms with Gasteiger partial charge in [-0.2, -0.15) is 0 Å². The fraction of sp³-hybridized carbons (Fsp3) is 0.917. The molecule has 69 valence electrons. The first-order valence-corrected chi connectivity index (χ1v) is 5.80. The molecule has 2 unspecified atom stereocenters. The van der Waals surface area contributed by atoms with Gasteiger partial charge in [0.05, 0.1) is 0 Å². The second kappa shape index (κ2) is 4.30. The molecule has 0 nitrogen and oxygen atoms in total. The van der Waals surface area contributed by atoms with E-state index in [1.165, 1.54) is 57.8 Å². The summed E-state index contributed by atoms with van der Waals surface area (Å²) in [5.41, 5.74) is 0. The lowest BCUT2D eigenvalue weighted by molar-refractivity contribution is 0.240. The van der Waals surface area contributed by atoms with E-state index < -0.39 is 0 Å². The zero-order chi connectivity index (χ0) is 8.23. The Morgan fingerprint density at radius 1 is 0.750 bits per heavy atom. The highest BCUT2D eigenvalue weighted by molar-refractivity contribution is 4.87. The van der Waals surface area contributed by atoms with Crippen LogP contribution in [-0.2, 0) is 0 Å². The van der Waals surface area contributed by atoms with Crippen LogP contribution in [0, 0.1) is 18.3 Å². The van der Waals surface area contributed by atoms with Crippen LogP contribution in [0.4, 0.5) is 0 Å². The lowest BCUT2D eigenvalue weighted by Crippen LogP contribution is -2.21. The first-order chi connectivity index (χ1) is 5.97. The molecule has 2 fully saturated rings. The monoisotopic (exact) mass is 165 g/mol. The van der Waals surface area contributed by atoms with E-state index >= 15 is 0 Å². The zero-order valence-corrected chi connectivity index (χ0v) is 8.10. The minimum atomic E-state index is 1.01. The van der Waals surface area contributed by atoms with Crippen LogP contribution in [0.2, 0.25) is 0 Å². The molecule has 0 bridgehead atoms. The molecular weight excluding hydrogens is 144 g/mol. The fourth-order valence-electron chi connectivity index (χ4n) is 2.97. The van der Waals surface area contributed by atoms with Crippen LogP contribution in [0.1, 0.15) is 57.8 Å². The topological polar surface area (TPSA) is 0 Å². The number of fused-ring (bicyclic) bond motifs is 1. The highest BCUT2D eigenvalue weighted by atomic mass is 14.3. The molecule has 2 aliphatic rings. The quantitative estimate of drug-likeness (QED) is 0.509. The molecule has 0 aromatic rings. The van der Waals surface area contributed by atoms with Crippen molar-refractivity contribution < 1.29 is 0 Å². The van der Waals surface area contributed by atoms with Crippen molar-refractivity contribution in [3.05, 3.63) is 6.42 Å². The van der Waals surface area contributed by atoms with Crippen molar-refractivity contribution in [2.45, 2.75) is 57.8 Å². The summed E-state index contributed by atoms with van der Waals surface area (Å²) in [6.45, 7) is 0. The predicted molar refractivity (Wildman–Crippen MR) is 52.8 cm³/mol. The minimum Gasteiger partial charge on any atom is -0.0533 e. The van der Waals surface area contributed by atoms with Gasteiger partial charge in [-0.05, 0) is 31.1 Å². The Bertz CT molecular complexity index is 112. The van der Waals surface area contributed by atoms with Gasteiger partial charge in [-0.1, -0.05) is 44.9 Å². The Hall–Kier alpha value is 0. The molecule has 0 aromatic heterocycles. The standard InChI is InChI=1S/C12H21/c1-2-4-8-12-10-6-5-9-11(12)7-3-1/h9,11-12H,1-8,10H2. The van der Waals surface area contributed by atoms with Gasteiger partial charge in [0.15, 0.2) is 0 Å². The van der Waals surface area contributed by atoms with Gasteiger partial charge in [0.1, 0.15) is 0 Å². The third kappa shape index (κ3) is 2.02. The summed E-state index contributed by atoms with van der Waals surface area (Å²) in [4.78, 5) is 0. The maximum absolute atomic E-state index is 2.62. The Labute approximate surface area is 76.7 Å². The third-order valence-corrected chi connectivity index (χ3v) is 3.72. The first-order valence-electron chi connectivity index (χ1n) is 5.80. The summed E-state index contributed by atoms with van der Waals surface area (Å²) in [7, 11) is 0. The van der Waals surface area contributed by atoms with Crippen LogP contribution in [0.25, 0.3) is 0 Å². The van der Waals surface area contributed by atoms with Crippen LogP contribution >= 0.6 is 0 Å². The highest BCUT2D eigenvalue weighted by Gasteiger charge is 2.25. The Morgan fingerprint density at radius 3 is 2.42 bits per heavy atom. The molecule has 0 spiro atoms. The highest BCUT2D eigenvalue weighted by Crippen LogP contribution is 2.37. The molecule has 1 radical (unpaired) electrons. The van der Waals surface area contributed by atoms with E-state index in [0.29, 0.717) is 0 Å². The summed E-state index contributed by atoms with van der Waals surface area (Å²) in [6, 6.07) is 0. The fourth-order valence-corrected chi connectivity index (χ4v) is 2.97. The zero-order valence-electron chi connectivity index (χ0n) is 8.10.